The molecule has 33 heavy (non-hydrogen) atoms. The SMILES string of the molecule is Cc1nc2sccn2c1C(=O)NCCN(C(=O)c1ccccc1-c1ccc(F)cc1)C1CC1. The van der Waals surface area contributed by atoms with Gasteiger partial charge in [-0.3, -0.25) is 14.0 Å². The van der Waals surface area contributed by atoms with Gasteiger partial charge < -0.3 is 10.2 Å². The number of hydrogen-bond donors (Lipinski definition) is 1. The molecular weight excluding hydrogens is 439 g/mol. The minimum Gasteiger partial charge on any atom is -0.349 e. The summed E-state index contributed by atoms with van der Waals surface area (Å²) in [6.07, 6.45) is 3.74. The zero-order valence-corrected chi connectivity index (χ0v) is 18.9. The number of benzene rings is 2. The fourth-order valence-corrected chi connectivity index (χ4v) is 4.84. The molecule has 168 valence electrons. The summed E-state index contributed by atoms with van der Waals surface area (Å²) in [5, 5.41) is 4.84. The molecule has 2 aromatic carbocycles. The lowest BCUT2D eigenvalue weighted by molar-refractivity contribution is 0.0736. The van der Waals surface area contributed by atoms with Crippen LogP contribution in [0.4, 0.5) is 4.39 Å². The van der Waals surface area contributed by atoms with Crippen molar-refractivity contribution in [2.24, 2.45) is 0 Å². The number of imidazole rings is 1. The summed E-state index contributed by atoms with van der Waals surface area (Å²) in [5.74, 6) is -0.591. The number of halogens is 1. The van der Waals surface area contributed by atoms with Crippen molar-refractivity contribution in [1.29, 1.82) is 0 Å². The summed E-state index contributed by atoms with van der Waals surface area (Å²) in [6.45, 7) is 2.58. The van der Waals surface area contributed by atoms with E-state index in [1.165, 1.54) is 23.5 Å². The van der Waals surface area contributed by atoms with Crippen molar-refractivity contribution in [3.8, 4) is 11.1 Å². The maximum absolute atomic E-state index is 13.5. The fourth-order valence-electron chi connectivity index (χ4n) is 4.08. The average molecular weight is 463 g/mol. The first-order chi connectivity index (χ1) is 16.0. The van der Waals surface area contributed by atoms with E-state index in [0.717, 1.165) is 28.9 Å². The Morgan fingerprint density at radius 1 is 1.18 bits per heavy atom. The number of aromatic nitrogens is 2. The molecule has 2 aromatic heterocycles. The molecule has 5 rings (SSSR count). The standard InChI is InChI=1S/C25H23FN4O2S/c1-16-22(30-14-15-33-25(30)28-16)23(31)27-12-13-29(19-10-11-19)24(32)21-5-3-2-4-20(21)17-6-8-18(26)9-7-17/h2-9,14-15,19H,10-13H2,1H3,(H,27,31). The quantitative estimate of drug-likeness (QED) is 0.438. The molecule has 6 nitrogen and oxygen atoms in total. The van der Waals surface area contributed by atoms with E-state index in [4.69, 9.17) is 0 Å². The number of hydrogen-bond acceptors (Lipinski definition) is 4. The van der Waals surface area contributed by atoms with Crippen LogP contribution in [0.5, 0.6) is 0 Å². The number of carbonyl (C=O) groups is 2. The van der Waals surface area contributed by atoms with Crippen LogP contribution in [0.15, 0.2) is 60.1 Å². The van der Waals surface area contributed by atoms with Crippen molar-refractivity contribution in [3.05, 3.63) is 82.9 Å². The minimum atomic E-state index is -0.314. The van der Waals surface area contributed by atoms with Crippen LogP contribution < -0.4 is 5.32 Å². The molecule has 1 aliphatic rings. The fraction of sp³-hybridized carbons (Fsp3) is 0.240. The van der Waals surface area contributed by atoms with Crippen molar-refractivity contribution in [2.45, 2.75) is 25.8 Å². The zero-order valence-electron chi connectivity index (χ0n) is 18.1. The number of nitrogens with zero attached hydrogens (tertiary/aromatic N) is 3. The molecule has 1 saturated carbocycles. The van der Waals surface area contributed by atoms with Gasteiger partial charge in [-0.05, 0) is 49.1 Å². The number of fused-ring (bicyclic) bond motifs is 1. The van der Waals surface area contributed by atoms with E-state index in [1.807, 2.05) is 41.6 Å². The summed E-state index contributed by atoms with van der Waals surface area (Å²) >= 11 is 1.48. The van der Waals surface area contributed by atoms with Crippen molar-refractivity contribution in [2.75, 3.05) is 13.1 Å². The van der Waals surface area contributed by atoms with Gasteiger partial charge in [0.05, 0.1) is 5.69 Å². The number of nitrogens with one attached hydrogen (secondary N) is 1. The Balaban J connectivity index is 1.31. The van der Waals surface area contributed by atoms with E-state index in [0.29, 0.717) is 30.0 Å². The number of thiazole rings is 1. The van der Waals surface area contributed by atoms with Crippen LogP contribution in [-0.2, 0) is 0 Å². The minimum absolute atomic E-state index is 0.0765. The molecule has 8 heteroatoms. The Morgan fingerprint density at radius 3 is 2.70 bits per heavy atom. The summed E-state index contributed by atoms with van der Waals surface area (Å²) in [5.41, 5.74) is 3.35. The van der Waals surface area contributed by atoms with Crippen LogP contribution in [0.1, 0.15) is 39.4 Å². The lowest BCUT2D eigenvalue weighted by Gasteiger charge is -2.24. The van der Waals surface area contributed by atoms with Crippen molar-refractivity contribution in [3.63, 3.8) is 0 Å². The number of rotatable bonds is 7. The molecular formula is C25H23FN4O2S. The number of amides is 2. The predicted molar refractivity (Wildman–Crippen MR) is 126 cm³/mol. The number of carbonyl (C=O) groups excluding carboxylic acids is 2. The van der Waals surface area contributed by atoms with Crippen molar-refractivity contribution >= 4 is 28.1 Å². The van der Waals surface area contributed by atoms with E-state index < -0.39 is 0 Å². The Morgan fingerprint density at radius 2 is 1.94 bits per heavy atom. The van der Waals surface area contributed by atoms with E-state index >= 15 is 0 Å². The molecule has 0 bridgehead atoms. The first-order valence-electron chi connectivity index (χ1n) is 10.9. The van der Waals surface area contributed by atoms with Gasteiger partial charge in [0.2, 0.25) is 0 Å². The van der Waals surface area contributed by atoms with E-state index in [1.54, 1.807) is 22.6 Å². The highest BCUT2D eigenvalue weighted by atomic mass is 32.1. The van der Waals surface area contributed by atoms with Crippen molar-refractivity contribution in [1.82, 2.24) is 19.6 Å². The molecule has 0 unspecified atom stereocenters. The molecule has 1 N–H and O–H groups in total. The van der Waals surface area contributed by atoms with Crippen LogP contribution in [0.2, 0.25) is 0 Å². The first-order valence-corrected chi connectivity index (χ1v) is 11.8. The van der Waals surface area contributed by atoms with Gasteiger partial charge in [-0.1, -0.05) is 30.3 Å². The topological polar surface area (TPSA) is 66.7 Å². The van der Waals surface area contributed by atoms with Gasteiger partial charge in [-0.25, -0.2) is 9.37 Å². The van der Waals surface area contributed by atoms with Crippen LogP contribution in [0, 0.1) is 12.7 Å². The second-order valence-electron chi connectivity index (χ2n) is 8.14. The predicted octanol–water partition coefficient (Wildman–Crippen LogP) is 4.54. The summed E-state index contributed by atoms with van der Waals surface area (Å²) in [7, 11) is 0. The second-order valence-corrected chi connectivity index (χ2v) is 9.01. The summed E-state index contributed by atoms with van der Waals surface area (Å²) in [6, 6.07) is 13.7. The van der Waals surface area contributed by atoms with Crippen molar-refractivity contribution < 1.29 is 14.0 Å². The molecule has 0 aliphatic heterocycles. The van der Waals surface area contributed by atoms with Crippen LogP contribution in [0.25, 0.3) is 16.1 Å². The Hall–Kier alpha value is -3.52. The molecule has 0 saturated heterocycles. The highest BCUT2D eigenvalue weighted by Gasteiger charge is 2.33. The lowest BCUT2D eigenvalue weighted by atomic mass is 9.98. The Bertz CT molecular complexity index is 1320. The Kier molecular flexibility index (Phi) is 5.68. The molecule has 0 spiro atoms. The molecule has 1 aliphatic carbocycles. The van der Waals surface area contributed by atoms with E-state index in [9.17, 15) is 14.0 Å². The number of aryl methyl sites for hydroxylation is 1. The zero-order chi connectivity index (χ0) is 22.9. The largest absolute Gasteiger partial charge is 0.349 e. The molecule has 1 fully saturated rings. The molecule has 0 radical (unpaired) electrons. The third kappa shape index (κ3) is 4.26. The molecule has 2 amide bonds. The maximum atomic E-state index is 13.5. The second kappa shape index (κ2) is 8.78. The lowest BCUT2D eigenvalue weighted by Crippen LogP contribution is -2.40. The normalized spacial score (nSPS) is 13.3. The molecule has 0 atom stereocenters. The maximum Gasteiger partial charge on any atom is 0.270 e. The smallest absolute Gasteiger partial charge is 0.270 e. The van der Waals surface area contributed by atoms with Gasteiger partial charge in [0.15, 0.2) is 4.96 Å². The Labute approximate surface area is 194 Å². The highest BCUT2D eigenvalue weighted by molar-refractivity contribution is 7.15. The van der Waals surface area contributed by atoms with E-state index in [2.05, 4.69) is 10.3 Å². The average Bonchev–Trinajstić information content (AvgIpc) is 3.48. The van der Waals surface area contributed by atoms with Crippen LogP contribution >= 0.6 is 11.3 Å². The summed E-state index contributed by atoms with van der Waals surface area (Å²) in [4.78, 5) is 33.4. The molecule has 2 heterocycles. The van der Waals surface area contributed by atoms with Gasteiger partial charge in [-0.15, -0.1) is 11.3 Å². The van der Waals surface area contributed by atoms with Gasteiger partial charge >= 0.3 is 0 Å². The highest BCUT2D eigenvalue weighted by Crippen LogP contribution is 2.31. The summed E-state index contributed by atoms with van der Waals surface area (Å²) < 4.78 is 15.2. The first kappa shape index (κ1) is 21.3. The van der Waals surface area contributed by atoms with Gasteiger partial charge in [-0.2, -0.15) is 0 Å². The monoisotopic (exact) mass is 462 g/mol. The van der Waals surface area contributed by atoms with Gasteiger partial charge in [0, 0.05) is 36.3 Å². The molecule has 4 aromatic rings. The van der Waals surface area contributed by atoms with E-state index in [-0.39, 0.29) is 23.7 Å². The third-order valence-electron chi connectivity index (χ3n) is 5.85. The third-order valence-corrected chi connectivity index (χ3v) is 6.61. The van der Waals surface area contributed by atoms with Crippen LogP contribution in [0.3, 0.4) is 0 Å². The van der Waals surface area contributed by atoms with Gasteiger partial charge in [0.25, 0.3) is 11.8 Å². The van der Waals surface area contributed by atoms with Crippen LogP contribution in [-0.4, -0.2) is 45.2 Å². The van der Waals surface area contributed by atoms with Gasteiger partial charge in [0.1, 0.15) is 11.5 Å².